The molecule has 0 aromatic heterocycles. The van der Waals surface area contributed by atoms with E-state index in [1.54, 1.807) is 43.5 Å². The van der Waals surface area contributed by atoms with Gasteiger partial charge in [-0.05, 0) is 71.0 Å². The number of rotatable bonds is 11. The lowest BCUT2D eigenvalue weighted by Gasteiger charge is -2.33. The molecule has 0 spiro atoms. The SMILES string of the molecule is CCOC(c1cc(COc2cccc([C@H](O)CC(=O)O)c2)ccc1-c1cc(OC)ccc1F)C(C)(C)C. The molecular formula is C30H35FO6. The maximum atomic E-state index is 15.0. The summed E-state index contributed by atoms with van der Waals surface area (Å²) in [5.41, 5.74) is 3.03. The summed E-state index contributed by atoms with van der Waals surface area (Å²) in [4.78, 5) is 10.9. The Kier molecular flexibility index (Phi) is 9.29. The lowest BCUT2D eigenvalue weighted by Crippen LogP contribution is -2.22. The molecule has 6 nitrogen and oxygen atoms in total. The van der Waals surface area contributed by atoms with Crippen LogP contribution in [0.3, 0.4) is 0 Å². The number of aliphatic hydroxyl groups is 1. The Balaban J connectivity index is 1.98. The van der Waals surface area contributed by atoms with E-state index in [9.17, 15) is 14.3 Å². The average molecular weight is 511 g/mol. The van der Waals surface area contributed by atoms with Crippen LogP contribution in [0.1, 0.15) is 63.0 Å². The van der Waals surface area contributed by atoms with Gasteiger partial charge in [-0.25, -0.2) is 4.39 Å². The van der Waals surface area contributed by atoms with E-state index in [-0.39, 0.29) is 30.4 Å². The summed E-state index contributed by atoms with van der Waals surface area (Å²) in [5, 5.41) is 19.1. The van der Waals surface area contributed by atoms with Crippen molar-refractivity contribution in [2.45, 2.75) is 52.9 Å². The standard InChI is InChI=1S/C30H35FO6/c1-6-36-29(30(2,3)4)25-14-19(10-12-23(25)24-16-21(35-5)11-13-26(24)31)18-37-22-9-7-8-20(15-22)27(32)17-28(33)34/h7-16,27,29,32H,6,17-18H2,1-5H3,(H,33,34)/t27-,29?/m1/s1. The highest BCUT2D eigenvalue weighted by molar-refractivity contribution is 5.70. The van der Waals surface area contributed by atoms with Crippen LogP contribution in [0.15, 0.2) is 60.7 Å². The molecule has 0 saturated carbocycles. The Morgan fingerprint density at radius 3 is 2.41 bits per heavy atom. The van der Waals surface area contributed by atoms with Crippen molar-refractivity contribution in [3.05, 3.63) is 83.2 Å². The highest BCUT2D eigenvalue weighted by Crippen LogP contribution is 2.42. The fourth-order valence-electron chi connectivity index (χ4n) is 4.24. The summed E-state index contributed by atoms with van der Waals surface area (Å²) in [6.45, 7) is 8.88. The molecule has 0 aliphatic carbocycles. The van der Waals surface area contributed by atoms with E-state index in [0.29, 0.717) is 34.8 Å². The minimum absolute atomic E-state index is 0.218. The lowest BCUT2D eigenvalue weighted by molar-refractivity contribution is -0.139. The van der Waals surface area contributed by atoms with Gasteiger partial charge in [0.2, 0.25) is 0 Å². The van der Waals surface area contributed by atoms with Crippen LogP contribution >= 0.6 is 0 Å². The third-order valence-electron chi connectivity index (χ3n) is 6.00. The first-order valence-corrected chi connectivity index (χ1v) is 12.2. The topological polar surface area (TPSA) is 85.2 Å². The van der Waals surface area contributed by atoms with Gasteiger partial charge in [-0.1, -0.05) is 45.0 Å². The van der Waals surface area contributed by atoms with Gasteiger partial charge in [0, 0.05) is 12.2 Å². The number of methoxy groups -OCH3 is 1. The molecule has 37 heavy (non-hydrogen) atoms. The first kappa shape index (κ1) is 28.2. The zero-order chi connectivity index (χ0) is 27.2. The van der Waals surface area contributed by atoms with Gasteiger partial charge >= 0.3 is 5.97 Å². The molecule has 0 aliphatic rings. The van der Waals surface area contributed by atoms with E-state index in [1.165, 1.54) is 6.07 Å². The highest BCUT2D eigenvalue weighted by atomic mass is 19.1. The van der Waals surface area contributed by atoms with Crippen molar-refractivity contribution >= 4 is 5.97 Å². The van der Waals surface area contributed by atoms with Gasteiger partial charge in [0.15, 0.2) is 0 Å². The van der Waals surface area contributed by atoms with Crippen LogP contribution in [0.25, 0.3) is 11.1 Å². The molecule has 0 radical (unpaired) electrons. The monoisotopic (exact) mass is 510 g/mol. The van der Waals surface area contributed by atoms with Crippen LogP contribution in [-0.4, -0.2) is 29.9 Å². The van der Waals surface area contributed by atoms with E-state index < -0.39 is 12.1 Å². The van der Waals surface area contributed by atoms with E-state index in [4.69, 9.17) is 19.3 Å². The molecule has 0 heterocycles. The summed E-state index contributed by atoms with van der Waals surface area (Å²) >= 11 is 0. The number of hydrogen-bond acceptors (Lipinski definition) is 5. The van der Waals surface area contributed by atoms with Gasteiger partial charge in [0.05, 0.1) is 25.7 Å². The first-order valence-electron chi connectivity index (χ1n) is 12.2. The Labute approximate surface area is 217 Å². The Morgan fingerprint density at radius 2 is 1.76 bits per heavy atom. The molecule has 0 fully saturated rings. The molecule has 1 unspecified atom stereocenters. The zero-order valence-electron chi connectivity index (χ0n) is 22.0. The Hall–Kier alpha value is -3.42. The average Bonchev–Trinajstić information content (AvgIpc) is 2.85. The van der Waals surface area contributed by atoms with Gasteiger partial charge in [-0.2, -0.15) is 0 Å². The van der Waals surface area contributed by atoms with Crippen molar-refractivity contribution in [2.75, 3.05) is 13.7 Å². The molecule has 0 saturated heterocycles. The predicted octanol–water partition coefficient (Wildman–Crippen LogP) is 6.71. The summed E-state index contributed by atoms with van der Waals surface area (Å²) in [6.07, 6.45) is -1.82. The van der Waals surface area contributed by atoms with Crippen LogP contribution in [0, 0.1) is 11.2 Å². The van der Waals surface area contributed by atoms with Gasteiger partial charge in [-0.15, -0.1) is 0 Å². The molecule has 0 aliphatic heterocycles. The number of hydrogen-bond donors (Lipinski definition) is 2. The third-order valence-corrected chi connectivity index (χ3v) is 6.00. The fourth-order valence-corrected chi connectivity index (χ4v) is 4.24. The number of carboxylic acids is 1. The first-order chi connectivity index (χ1) is 17.5. The number of halogens is 1. The van der Waals surface area contributed by atoms with Crippen molar-refractivity contribution < 1.29 is 33.6 Å². The second-order valence-electron chi connectivity index (χ2n) is 9.94. The number of ether oxygens (including phenoxy) is 3. The molecule has 2 N–H and O–H groups in total. The number of aliphatic carboxylic acids is 1. The normalized spacial score (nSPS) is 13.2. The largest absolute Gasteiger partial charge is 0.497 e. The van der Waals surface area contributed by atoms with Gasteiger partial charge in [0.25, 0.3) is 0 Å². The maximum absolute atomic E-state index is 15.0. The van der Waals surface area contributed by atoms with Crippen molar-refractivity contribution in [1.82, 2.24) is 0 Å². The van der Waals surface area contributed by atoms with Crippen molar-refractivity contribution in [3.63, 3.8) is 0 Å². The zero-order valence-corrected chi connectivity index (χ0v) is 22.0. The minimum Gasteiger partial charge on any atom is -0.497 e. The van der Waals surface area contributed by atoms with Gasteiger partial charge in [-0.3, -0.25) is 4.79 Å². The van der Waals surface area contributed by atoms with E-state index in [0.717, 1.165) is 11.1 Å². The third kappa shape index (κ3) is 7.31. The minimum atomic E-state index is -1.12. The number of benzene rings is 3. The maximum Gasteiger partial charge on any atom is 0.306 e. The van der Waals surface area contributed by atoms with Crippen LogP contribution in [0.2, 0.25) is 0 Å². The smallest absolute Gasteiger partial charge is 0.306 e. The molecule has 0 amide bonds. The van der Waals surface area contributed by atoms with E-state index >= 15 is 0 Å². The molecule has 2 atom stereocenters. The summed E-state index contributed by atoms with van der Waals surface area (Å²) in [6, 6.07) is 17.1. The Bertz CT molecular complexity index is 1220. The number of carbonyl (C=O) groups is 1. The molecule has 198 valence electrons. The molecule has 3 rings (SSSR count). The van der Waals surface area contributed by atoms with Crippen molar-refractivity contribution in [3.8, 4) is 22.6 Å². The van der Waals surface area contributed by atoms with E-state index in [2.05, 4.69) is 20.8 Å². The van der Waals surface area contributed by atoms with Crippen molar-refractivity contribution in [1.29, 1.82) is 0 Å². The summed E-state index contributed by atoms with van der Waals surface area (Å²) < 4.78 is 32.5. The second-order valence-corrected chi connectivity index (χ2v) is 9.94. The number of carboxylic acid groups (broad SMARTS) is 1. The molecular weight excluding hydrogens is 475 g/mol. The predicted molar refractivity (Wildman–Crippen MR) is 140 cm³/mol. The van der Waals surface area contributed by atoms with Crippen LogP contribution in [-0.2, 0) is 16.1 Å². The molecule has 7 heteroatoms. The quantitative estimate of drug-likeness (QED) is 0.298. The highest BCUT2D eigenvalue weighted by Gasteiger charge is 2.30. The second kappa shape index (κ2) is 12.2. The fraction of sp³-hybridized carbons (Fsp3) is 0.367. The van der Waals surface area contributed by atoms with Crippen LogP contribution in [0.5, 0.6) is 11.5 Å². The number of aliphatic hydroxyl groups excluding tert-OH is 1. The molecule has 3 aromatic rings. The van der Waals surface area contributed by atoms with Gasteiger partial charge in [0.1, 0.15) is 23.9 Å². The lowest BCUT2D eigenvalue weighted by atomic mass is 9.81. The van der Waals surface area contributed by atoms with Crippen LogP contribution in [0.4, 0.5) is 4.39 Å². The summed E-state index contributed by atoms with van der Waals surface area (Å²) in [5.74, 6) is -0.374. The van der Waals surface area contributed by atoms with Gasteiger partial charge < -0.3 is 24.4 Å². The van der Waals surface area contributed by atoms with Crippen LogP contribution < -0.4 is 9.47 Å². The van der Waals surface area contributed by atoms with E-state index in [1.807, 2.05) is 25.1 Å². The Morgan fingerprint density at radius 1 is 1.00 bits per heavy atom. The molecule has 3 aromatic carbocycles. The summed E-state index contributed by atoms with van der Waals surface area (Å²) in [7, 11) is 1.55. The molecule has 0 bridgehead atoms. The van der Waals surface area contributed by atoms with Crippen molar-refractivity contribution in [2.24, 2.45) is 5.41 Å².